The van der Waals surface area contributed by atoms with Gasteiger partial charge in [-0.1, -0.05) is 18.2 Å². The molecule has 1 aliphatic rings. The normalized spacial score (nSPS) is 13.6. The summed E-state index contributed by atoms with van der Waals surface area (Å²) < 4.78 is 1.63. The molecule has 2 heterocycles. The van der Waals surface area contributed by atoms with Crippen molar-refractivity contribution in [1.82, 2.24) is 9.78 Å². The molecule has 3 rings (SSSR count). The van der Waals surface area contributed by atoms with E-state index in [1.165, 1.54) is 5.56 Å². The first-order valence-corrected chi connectivity index (χ1v) is 8.55. The molecule has 0 saturated heterocycles. The molecule has 0 fully saturated rings. The van der Waals surface area contributed by atoms with Crippen molar-refractivity contribution in [1.29, 1.82) is 0 Å². The standard InChI is InChI=1S/C18H22N4O3/c1-13-18(22(24)25)14(2)21(19-13)12-6-10-17(23)20-11-5-8-15-7-3-4-9-16(15)20/h3-4,7,9H,5-6,8,10-12H2,1-2H3. The van der Waals surface area contributed by atoms with Gasteiger partial charge in [0.05, 0.1) is 4.92 Å². The van der Waals surface area contributed by atoms with Crippen molar-refractivity contribution in [2.75, 3.05) is 11.4 Å². The number of hydrogen-bond donors (Lipinski definition) is 0. The van der Waals surface area contributed by atoms with E-state index in [9.17, 15) is 14.9 Å². The number of rotatable bonds is 5. The number of carbonyl (C=O) groups excluding carboxylic acids is 1. The number of aromatic nitrogens is 2. The van der Waals surface area contributed by atoms with Crippen LogP contribution in [0, 0.1) is 24.0 Å². The number of para-hydroxylation sites is 1. The van der Waals surface area contributed by atoms with Gasteiger partial charge in [0.15, 0.2) is 0 Å². The molecule has 7 heteroatoms. The van der Waals surface area contributed by atoms with Crippen molar-refractivity contribution >= 4 is 17.3 Å². The van der Waals surface area contributed by atoms with E-state index in [-0.39, 0.29) is 11.6 Å². The van der Waals surface area contributed by atoms with Crippen LogP contribution in [0.4, 0.5) is 11.4 Å². The molecular weight excluding hydrogens is 320 g/mol. The van der Waals surface area contributed by atoms with Crippen LogP contribution in [0.5, 0.6) is 0 Å². The first kappa shape index (κ1) is 17.1. The maximum absolute atomic E-state index is 12.6. The van der Waals surface area contributed by atoms with E-state index in [0.717, 1.165) is 25.1 Å². The van der Waals surface area contributed by atoms with Gasteiger partial charge in [-0.25, -0.2) is 0 Å². The number of benzene rings is 1. The summed E-state index contributed by atoms with van der Waals surface area (Å²) in [6, 6.07) is 8.03. The Morgan fingerprint density at radius 2 is 2.08 bits per heavy atom. The van der Waals surface area contributed by atoms with Crippen LogP contribution in [0.2, 0.25) is 0 Å². The highest BCUT2D eigenvalue weighted by Gasteiger charge is 2.23. The summed E-state index contributed by atoms with van der Waals surface area (Å²) in [6.07, 6.45) is 3.00. The number of nitro groups is 1. The summed E-state index contributed by atoms with van der Waals surface area (Å²) in [5, 5.41) is 15.3. The highest BCUT2D eigenvalue weighted by atomic mass is 16.6. The minimum Gasteiger partial charge on any atom is -0.312 e. The fourth-order valence-corrected chi connectivity index (χ4v) is 3.48. The number of hydrogen-bond acceptors (Lipinski definition) is 4. The fourth-order valence-electron chi connectivity index (χ4n) is 3.48. The van der Waals surface area contributed by atoms with E-state index < -0.39 is 4.92 Å². The zero-order valence-electron chi connectivity index (χ0n) is 14.6. The van der Waals surface area contributed by atoms with Gasteiger partial charge in [-0.3, -0.25) is 19.6 Å². The Balaban J connectivity index is 1.63. The summed E-state index contributed by atoms with van der Waals surface area (Å²) in [6.45, 7) is 4.58. The van der Waals surface area contributed by atoms with Gasteiger partial charge in [-0.2, -0.15) is 5.10 Å². The van der Waals surface area contributed by atoms with Gasteiger partial charge in [-0.05, 0) is 44.7 Å². The molecule has 0 N–H and O–H groups in total. The van der Waals surface area contributed by atoms with E-state index in [2.05, 4.69) is 11.2 Å². The molecule has 0 aliphatic carbocycles. The highest BCUT2D eigenvalue weighted by molar-refractivity contribution is 5.94. The molecule has 1 aromatic heterocycles. The molecule has 1 amide bonds. The Labute approximate surface area is 146 Å². The first-order valence-electron chi connectivity index (χ1n) is 8.55. The molecular formula is C18H22N4O3. The van der Waals surface area contributed by atoms with Crippen molar-refractivity contribution in [3.05, 3.63) is 51.3 Å². The predicted molar refractivity (Wildman–Crippen MR) is 94.7 cm³/mol. The van der Waals surface area contributed by atoms with E-state index in [0.29, 0.717) is 30.8 Å². The fraction of sp³-hybridized carbons (Fsp3) is 0.444. The number of amides is 1. The summed E-state index contributed by atoms with van der Waals surface area (Å²) >= 11 is 0. The van der Waals surface area contributed by atoms with Crippen LogP contribution in [-0.2, 0) is 17.8 Å². The van der Waals surface area contributed by atoms with Crippen LogP contribution < -0.4 is 4.90 Å². The SMILES string of the molecule is Cc1nn(CCCC(=O)N2CCCc3ccccc32)c(C)c1[N+](=O)[O-]. The second kappa shape index (κ2) is 7.04. The molecule has 0 saturated carbocycles. The molecule has 0 unspecified atom stereocenters. The van der Waals surface area contributed by atoms with Gasteiger partial charge in [-0.15, -0.1) is 0 Å². The monoisotopic (exact) mass is 342 g/mol. The lowest BCUT2D eigenvalue weighted by molar-refractivity contribution is -0.386. The second-order valence-electron chi connectivity index (χ2n) is 6.38. The lowest BCUT2D eigenvalue weighted by Crippen LogP contribution is -2.35. The van der Waals surface area contributed by atoms with E-state index >= 15 is 0 Å². The molecule has 0 spiro atoms. The minimum atomic E-state index is -0.399. The van der Waals surface area contributed by atoms with Crippen LogP contribution in [0.3, 0.4) is 0 Å². The van der Waals surface area contributed by atoms with Gasteiger partial charge < -0.3 is 4.90 Å². The topological polar surface area (TPSA) is 81.3 Å². The van der Waals surface area contributed by atoms with Crippen LogP contribution in [0.1, 0.15) is 36.2 Å². The third-order valence-corrected chi connectivity index (χ3v) is 4.70. The lowest BCUT2D eigenvalue weighted by atomic mass is 10.0. The van der Waals surface area contributed by atoms with Crippen molar-refractivity contribution in [2.45, 2.75) is 46.1 Å². The number of nitrogens with zero attached hydrogens (tertiary/aromatic N) is 4. The molecule has 1 aromatic carbocycles. The maximum Gasteiger partial charge on any atom is 0.312 e. The number of anilines is 1. The molecule has 7 nitrogen and oxygen atoms in total. The Bertz CT molecular complexity index is 813. The van der Waals surface area contributed by atoms with Crippen LogP contribution in [0.25, 0.3) is 0 Å². The zero-order valence-corrected chi connectivity index (χ0v) is 14.6. The number of carbonyl (C=O) groups is 1. The number of fused-ring (bicyclic) bond motifs is 1. The third kappa shape index (κ3) is 3.40. The number of aryl methyl sites for hydroxylation is 3. The summed E-state index contributed by atoms with van der Waals surface area (Å²) in [5.41, 5.74) is 3.25. The average Bonchev–Trinajstić information content (AvgIpc) is 2.88. The van der Waals surface area contributed by atoms with Crippen LogP contribution in [-0.4, -0.2) is 27.2 Å². The molecule has 2 aromatic rings. The van der Waals surface area contributed by atoms with E-state index in [4.69, 9.17) is 0 Å². The quantitative estimate of drug-likeness (QED) is 0.617. The van der Waals surface area contributed by atoms with Crippen LogP contribution >= 0.6 is 0 Å². The maximum atomic E-state index is 12.6. The van der Waals surface area contributed by atoms with Crippen molar-refractivity contribution < 1.29 is 9.72 Å². The van der Waals surface area contributed by atoms with Gasteiger partial charge in [0.2, 0.25) is 5.91 Å². The van der Waals surface area contributed by atoms with E-state index in [1.807, 2.05) is 23.1 Å². The Morgan fingerprint density at radius 1 is 1.32 bits per heavy atom. The highest BCUT2D eigenvalue weighted by Crippen LogP contribution is 2.27. The van der Waals surface area contributed by atoms with Crippen molar-refractivity contribution in [3.8, 4) is 0 Å². The van der Waals surface area contributed by atoms with Gasteiger partial charge in [0.1, 0.15) is 11.4 Å². The summed E-state index contributed by atoms with van der Waals surface area (Å²) in [7, 11) is 0. The molecule has 0 bridgehead atoms. The summed E-state index contributed by atoms with van der Waals surface area (Å²) in [4.78, 5) is 25.1. The third-order valence-electron chi connectivity index (χ3n) is 4.70. The average molecular weight is 342 g/mol. The zero-order chi connectivity index (χ0) is 18.0. The summed E-state index contributed by atoms with van der Waals surface area (Å²) in [5.74, 6) is 0.100. The first-order chi connectivity index (χ1) is 12.0. The van der Waals surface area contributed by atoms with Gasteiger partial charge >= 0.3 is 5.69 Å². The Morgan fingerprint density at radius 3 is 2.80 bits per heavy atom. The van der Waals surface area contributed by atoms with E-state index in [1.54, 1.807) is 18.5 Å². The largest absolute Gasteiger partial charge is 0.312 e. The lowest BCUT2D eigenvalue weighted by Gasteiger charge is -2.29. The Kier molecular flexibility index (Phi) is 4.83. The van der Waals surface area contributed by atoms with Crippen LogP contribution in [0.15, 0.2) is 24.3 Å². The van der Waals surface area contributed by atoms with Crippen molar-refractivity contribution in [3.63, 3.8) is 0 Å². The van der Waals surface area contributed by atoms with Gasteiger partial charge in [0, 0.05) is 25.2 Å². The molecule has 1 aliphatic heterocycles. The second-order valence-corrected chi connectivity index (χ2v) is 6.38. The minimum absolute atomic E-state index is 0.0660. The van der Waals surface area contributed by atoms with Crippen molar-refractivity contribution in [2.24, 2.45) is 0 Å². The van der Waals surface area contributed by atoms with Gasteiger partial charge in [0.25, 0.3) is 0 Å². The molecule has 132 valence electrons. The molecule has 0 radical (unpaired) electrons. The predicted octanol–water partition coefficient (Wildman–Crippen LogP) is 3.17. The molecule has 25 heavy (non-hydrogen) atoms. The smallest absolute Gasteiger partial charge is 0.312 e. The Hall–Kier alpha value is -2.70. The molecule has 0 atom stereocenters.